The zero-order valence-corrected chi connectivity index (χ0v) is 13.6. The lowest BCUT2D eigenvalue weighted by molar-refractivity contribution is -0.140. The van der Waals surface area contributed by atoms with Gasteiger partial charge in [0.25, 0.3) is 0 Å². The van der Waals surface area contributed by atoms with Gasteiger partial charge in [0.15, 0.2) is 0 Å². The summed E-state index contributed by atoms with van der Waals surface area (Å²) in [6.07, 6.45) is 4.30. The number of methoxy groups -OCH3 is 1. The van der Waals surface area contributed by atoms with Crippen molar-refractivity contribution in [3.05, 3.63) is 77.9 Å². The van der Waals surface area contributed by atoms with Crippen LogP contribution in [0.15, 0.2) is 66.7 Å². The highest BCUT2D eigenvalue weighted by Gasteiger charge is 2.13. The fourth-order valence-electron chi connectivity index (χ4n) is 2.34. The maximum absolute atomic E-state index is 11.5. The van der Waals surface area contributed by atoms with Gasteiger partial charge >= 0.3 is 5.97 Å². The molecule has 2 rings (SSSR count). The summed E-state index contributed by atoms with van der Waals surface area (Å²) in [4.78, 5) is 11.5. The van der Waals surface area contributed by atoms with Crippen molar-refractivity contribution in [2.24, 2.45) is 0 Å². The Morgan fingerprint density at radius 3 is 2.39 bits per heavy atom. The maximum atomic E-state index is 11.5. The van der Waals surface area contributed by atoms with Crippen LogP contribution in [0.3, 0.4) is 0 Å². The molecule has 1 atom stereocenters. The van der Waals surface area contributed by atoms with E-state index in [1.807, 2.05) is 73.7 Å². The number of esters is 1. The number of hydrogen-bond acceptors (Lipinski definition) is 3. The number of allylic oxidation sites excluding steroid dienone is 2. The highest BCUT2D eigenvalue weighted by Crippen LogP contribution is 2.24. The lowest BCUT2D eigenvalue weighted by Crippen LogP contribution is -2.07. The molecular weight excluding hydrogens is 288 g/mol. The molecule has 0 N–H and O–H groups in total. The molecule has 2 aromatic carbocycles. The lowest BCUT2D eigenvalue weighted by atomic mass is 9.95. The quantitative estimate of drug-likeness (QED) is 0.558. The van der Waals surface area contributed by atoms with Crippen LogP contribution in [0.25, 0.3) is 0 Å². The molecule has 23 heavy (non-hydrogen) atoms. The van der Waals surface area contributed by atoms with Gasteiger partial charge < -0.3 is 9.47 Å². The number of carbonyl (C=O) groups excluding carboxylic acids is 1. The molecule has 0 heterocycles. The van der Waals surface area contributed by atoms with Crippen LogP contribution in [0.4, 0.5) is 0 Å². The van der Waals surface area contributed by atoms with Crippen molar-refractivity contribution >= 4 is 5.97 Å². The molecule has 0 aliphatic rings. The monoisotopic (exact) mass is 310 g/mol. The zero-order valence-electron chi connectivity index (χ0n) is 13.6. The van der Waals surface area contributed by atoms with E-state index in [0.717, 1.165) is 16.9 Å². The number of rotatable bonds is 7. The molecule has 0 spiro atoms. The first-order valence-corrected chi connectivity index (χ1v) is 7.69. The number of ether oxygens (including phenoxy) is 2. The van der Waals surface area contributed by atoms with Crippen molar-refractivity contribution < 1.29 is 14.3 Å². The van der Waals surface area contributed by atoms with Gasteiger partial charge in [0, 0.05) is 5.92 Å². The van der Waals surface area contributed by atoms with Gasteiger partial charge in [-0.05, 0) is 30.2 Å². The van der Waals surface area contributed by atoms with Crippen LogP contribution < -0.4 is 4.74 Å². The van der Waals surface area contributed by atoms with Crippen molar-refractivity contribution in [1.29, 1.82) is 0 Å². The molecule has 1 unspecified atom stereocenters. The highest BCUT2D eigenvalue weighted by molar-refractivity contribution is 5.70. The molecule has 3 heteroatoms. The normalized spacial score (nSPS) is 12.1. The Morgan fingerprint density at radius 2 is 1.78 bits per heavy atom. The smallest absolute Gasteiger partial charge is 0.306 e. The second kappa shape index (κ2) is 8.79. The molecule has 0 aromatic heterocycles. The van der Waals surface area contributed by atoms with Crippen LogP contribution in [-0.4, -0.2) is 13.1 Å². The minimum atomic E-state index is -0.211. The van der Waals surface area contributed by atoms with E-state index in [0.29, 0.717) is 13.0 Å². The molecule has 0 aliphatic carbocycles. The minimum absolute atomic E-state index is 0.0237. The van der Waals surface area contributed by atoms with Gasteiger partial charge in [-0.3, -0.25) is 4.79 Å². The van der Waals surface area contributed by atoms with E-state index in [1.165, 1.54) is 7.11 Å². The molecule has 3 nitrogen and oxygen atoms in total. The standard InChI is InChI=1S/C20H22O3/c1-3-7-18(14-20(21)22-2)17-10-12-19(13-11-17)23-15-16-8-5-4-6-9-16/h3-13,18H,14-15H2,1-2H3. The third-order valence-electron chi connectivity index (χ3n) is 3.60. The van der Waals surface area contributed by atoms with E-state index in [4.69, 9.17) is 9.47 Å². The summed E-state index contributed by atoms with van der Waals surface area (Å²) in [5.74, 6) is 0.628. The summed E-state index contributed by atoms with van der Waals surface area (Å²) in [6.45, 7) is 2.49. The van der Waals surface area contributed by atoms with Crippen LogP contribution in [0.2, 0.25) is 0 Å². The van der Waals surface area contributed by atoms with Gasteiger partial charge in [0.2, 0.25) is 0 Å². The fraction of sp³-hybridized carbons (Fsp3) is 0.250. The Bertz CT molecular complexity index is 630. The van der Waals surface area contributed by atoms with Gasteiger partial charge in [0.1, 0.15) is 12.4 Å². The summed E-state index contributed by atoms with van der Waals surface area (Å²) in [5, 5.41) is 0. The molecule has 120 valence electrons. The second-order valence-corrected chi connectivity index (χ2v) is 5.26. The molecule has 0 aliphatic heterocycles. The van der Waals surface area contributed by atoms with Crippen LogP contribution >= 0.6 is 0 Å². The average Bonchev–Trinajstić information content (AvgIpc) is 2.61. The summed E-state index contributed by atoms with van der Waals surface area (Å²) < 4.78 is 10.5. The first-order valence-electron chi connectivity index (χ1n) is 7.69. The molecule has 0 saturated heterocycles. The Balaban J connectivity index is 2.00. The summed E-state index contributed by atoms with van der Waals surface area (Å²) in [5.41, 5.74) is 2.20. The summed E-state index contributed by atoms with van der Waals surface area (Å²) in [6, 6.07) is 17.9. The van der Waals surface area contributed by atoms with E-state index in [1.54, 1.807) is 0 Å². The van der Waals surface area contributed by atoms with Crippen LogP contribution in [0.5, 0.6) is 5.75 Å². The van der Waals surface area contributed by atoms with Crippen LogP contribution in [0.1, 0.15) is 30.4 Å². The lowest BCUT2D eigenvalue weighted by Gasteiger charge is -2.13. The Morgan fingerprint density at radius 1 is 1.09 bits per heavy atom. The summed E-state index contributed by atoms with van der Waals surface area (Å²) >= 11 is 0. The SMILES string of the molecule is CC=CC(CC(=O)OC)c1ccc(OCc2ccccc2)cc1. The van der Waals surface area contributed by atoms with Crippen LogP contribution in [-0.2, 0) is 16.1 Å². The Kier molecular flexibility index (Phi) is 6.42. The first kappa shape index (κ1) is 16.8. The first-order chi connectivity index (χ1) is 11.2. The fourth-order valence-corrected chi connectivity index (χ4v) is 2.34. The van der Waals surface area contributed by atoms with Crippen molar-refractivity contribution in [2.45, 2.75) is 25.9 Å². The highest BCUT2D eigenvalue weighted by atomic mass is 16.5. The number of carbonyl (C=O) groups is 1. The number of benzene rings is 2. The van der Waals surface area contributed by atoms with Crippen LogP contribution in [0, 0.1) is 0 Å². The largest absolute Gasteiger partial charge is 0.489 e. The van der Waals surface area contributed by atoms with Gasteiger partial charge in [-0.1, -0.05) is 54.6 Å². The summed E-state index contributed by atoms with van der Waals surface area (Å²) in [7, 11) is 1.41. The van der Waals surface area contributed by atoms with Gasteiger partial charge in [-0.25, -0.2) is 0 Å². The molecule has 0 bridgehead atoms. The van der Waals surface area contributed by atoms with E-state index >= 15 is 0 Å². The zero-order chi connectivity index (χ0) is 16.5. The third-order valence-corrected chi connectivity index (χ3v) is 3.60. The van der Waals surface area contributed by atoms with Gasteiger partial charge in [0.05, 0.1) is 13.5 Å². The number of hydrogen-bond donors (Lipinski definition) is 0. The van der Waals surface area contributed by atoms with E-state index in [2.05, 4.69) is 0 Å². The van der Waals surface area contributed by atoms with Crippen molar-refractivity contribution in [3.63, 3.8) is 0 Å². The van der Waals surface area contributed by atoms with E-state index in [-0.39, 0.29) is 11.9 Å². The minimum Gasteiger partial charge on any atom is -0.489 e. The molecule has 2 aromatic rings. The predicted molar refractivity (Wildman–Crippen MR) is 91.4 cm³/mol. The molecule has 0 fully saturated rings. The third kappa shape index (κ3) is 5.29. The average molecular weight is 310 g/mol. The Hall–Kier alpha value is -2.55. The van der Waals surface area contributed by atoms with Gasteiger partial charge in [-0.15, -0.1) is 0 Å². The molecule has 0 radical (unpaired) electrons. The molecule has 0 saturated carbocycles. The molecular formula is C20H22O3. The predicted octanol–water partition coefficient (Wildman–Crippen LogP) is 4.49. The van der Waals surface area contributed by atoms with Crippen molar-refractivity contribution in [2.75, 3.05) is 7.11 Å². The van der Waals surface area contributed by atoms with E-state index < -0.39 is 0 Å². The van der Waals surface area contributed by atoms with Gasteiger partial charge in [-0.2, -0.15) is 0 Å². The van der Waals surface area contributed by atoms with Crippen molar-refractivity contribution in [3.8, 4) is 5.75 Å². The maximum Gasteiger partial charge on any atom is 0.306 e. The van der Waals surface area contributed by atoms with Crippen molar-refractivity contribution in [1.82, 2.24) is 0 Å². The van der Waals surface area contributed by atoms with E-state index in [9.17, 15) is 4.79 Å². The Labute approximate surface area is 137 Å². The topological polar surface area (TPSA) is 35.5 Å². The molecule has 0 amide bonds. The second-order valence-electron chi connectivity index (χ2n) is 5.26.